The summed E-state index contributed by atoms with van der Waals surface area (Å²) >= 11 is 0. The molecule has 94 valence electrons. The molecule has 1 rings (SSSR count). The van der Waals surface area contributed by atoms with E-state index < -0.39 is 6.04 Å². The van der Waals surface area contributed by atoms with Gasteiger partial charge < -0.3 is 10.1 Å². The van der Waals surface area contributed by atoms with E-state index in [1.54, 1.807) is 7.05 Å². The van der Waals surface area contributed by atoms with Crippen LogP contribution in [0.2, 0.25) is 0 Å². The molecule has 0 unspecified atom stereocenters. The topological polar surface area (TPSA) is 55.4 Å². The Bertz CT molecular complexity index is 345. The molecule has 0 aromatic carbocycles. The molecule has 0 amide bonds. The quantitative estimate of drug-likeness (QED) is 0.709. The van der Waals surface area contributed by atoms with E-state index in [1.165, 1.54) is 6.92 Å². The van der Waals surface area contributed by atoms with Crippen molar-refractivity contribution in [2.75, 3.05) is 13.7 Å². The number of carbonyl (C=O) groups is 2. The summed E-state index contributed by atoms with van der Waals surface area (Å²) in [5.41, 5.74) is 1.02. The molecule has 0 aromatic rings. The fourth-order valence-electron chi connectivity index (χ4n) is 1.62. The monoisotopic (exact) mass is 237 g/mol. The molecular weight excluding hydrogens is 218 g/mol. The van der Waals surface area contributed by atoms with E-state index in [2.05, 4.69) is 17.5 Å². The van der Waals surface area contributed by atoms with Crippen molar-refractivity contribution in [2.24, 2.45) is 0 Å². The molecule has 0 saturated carbocycles. The largest absolute Gasteiger partial charge is 0.460 e. The van der Waals surface area contributed by atoms with Crippen molar-refractivity contribution in [3.8, 4) is 0 Å². The van der Waals surface area contributed by atoms with Crippen molar-refractivity contribution < 1.29 is 14.3 Å². The molecule has 1 aliphatic carbocycles. The van der Waals surface area contributed by atoms with E-state index in [1.807, 2.05) is 6.08 Å². The molecule has 1 atom stereocenters. The van der Waals surface area contributed by atoms with Crippen LogP contribution in [0.5, 0.6) is 0 Å². The number of Topliss-reactive ketones (excluding diaryl/α,β-unsaturated/α-hetero) is 1. The second-order valence-electron chi connectivity index (χ2n) is 4.11. The van der Waals surface area contributed by atoms with E-state index in [4.69, 9.17) is 4.74 Å². The van der Waals surface area contributed by atoms with E-state index in [0.717, 1.165) is 18.4 Å². The van der Waals surface area contributed by atoms with E-state index >= 15 is 0 Å². The molecule has 17 heavy (non-hydrogen) atoms. The van der Waals surface area contributed by atoms with Crippen LogP contribution in [0.25, 0.3) is 0 Å². The highest BCUT2D eigenvalue weighted by Gasteiger charge is 2.19. The molecule has 1 aliphatic rings. The van der Waals surface area contributed by atoms with Gasteiger partial charge in [-0.25, -0.2) is 0 Å². The molecule has 0 radical (unpaired) electrons. The maximum Gasteiger partial charge on any atom is 0.323 e. The first-order chi connectivity index (χ1) is 8.13. The minimum Gasteiger partial charge on any atom is -0.460 e. The van der Waals surface area contributed by atoms with Crippen LogP contribution < -0.4 is 5.32 Å². The smallest absolute Gasteiger partial charge is 0.323 e. The molecule has 0 spiro atoms. The minimum absolute atomic E-state index is 0.0296. The number of ketones is 1. The third kappa shape index (κ3) is 4.95. The Labute approximate surface area is 102 Å². The van der Waals surface area contributed by atoms with Crippen LogP contribution in [-0.4, -0.2) is 31.4 Å². The lowest BCUT2D eigenvalue weighted by Crippen LogP contribution is -2.37. The number of hydrogen-bond donors (Lipinski definition) is 1. The highest BCUT2D eigenvalue weighted by Crippen LogP contribution is 2.10. The van der Waals surface area contributed by atoms with E-state index in [9.17, 15) is 9.59 Å². The van der Waals surface area contributed by atoms with Crippen LogP contribution >= 0.6 is 0 Å². The Balaban J connectivity index is 2.39. The third-order valence-electron chi connectivity index (χ3n) is 2.58. The van der Waals surface area contributed by atoms with Crippen molar-refractivity contribution >= 4 is 11.8 Å². The van der Waals surface area contributed by atoms with Gasteiger partial charge in [-0.15, -0.1) is 0 Å². The van der Waals surface area contributed by atoms with Crippen LogP contribution in [0.1, 0.15) is 26.2 Å². The van der Waals surface area contributed by atoms with Gasteiger partial charge in [0.15, 0.2) is 0 Å². The lowest BCUT2D eigenvalue weighted by molar-refractivity contribution is -0.146. The second kappa shape index (κ2) is 7.01. The van der Waals surface area contributed by atoms with Crippen molar-refractivity contribution in [2.45, 2.75) is 32.2 Å². The molecular formula is C13H19NO3. The second-order valence-corrected chi connectivity index (χ2v) is 4.11. The van der Waals surface area contributed by atoms with Crippen LogP contribution in [0.3, 0.4) is 0 Å². The lowest BCUT2D eigenvalue weighted by atomic mass is 10.1. The predicted octanol–water partition coefficient (Wildman–Crippen LogP) is 1.37. The van der Waals surface area contributed by atoms with Gasteiger partial charge in [-0.05, 0) is 32.4 Å². The van der Waals surface area contributed by atoms with Crippen LogP contribution in [0, 0.1) is 0 Å². The molecule has 0 aliphatic heterocycles. The van der Waals surface area contributed by atoms with Gasteiger partial charge in [-0.2, -0.15) is 0 Å². The number of hydrogen-bond acceptors (Lipinski definition) is 4. The van der Waals surface area contributed by atoms with Gasteiger partial charge in [0.1, 0.15) is 18.4 Å². The molecule has 4 heteroatoms. The zero-order valence-corrected chi connectivity index (χ0v) is 10.4. The zero-order chi connectivity index (χ0) is 12.7. The molecule has 0 saturated heterocycles. The van der Waals surface area contributed by atoms with Gasteiger partial charge in [0.05, 0.1) is 0 Å². The summed E-state index contributed by atoms with van der Waals surface area (Å²) < 4.78 is 5.16. The number of nitrogens with one attached hydrogen (secondary N) is 1. The normalized spacial score (nSPS) is 16.2. The molecule has 0 fully saturated rings. The maximum absolute atomic E-state index is 11.7. The maximum atomic E-state index is 11.7. The third-order valence-corrected chi connectivity index (χ3v) is 2.58. The van der Waals surface area contributed by atoms with Crippen molar-refractivity contribution in [1.29, 1.82) is 0 Å². The lowest BCUT2D eigenvalue weighted by Gasteiger charge is -2.14. The van der Waals surface area contributed by atoms with Gasteiger partial charge in [0, 0.05) is 6.42 Å². The average molecular weight is 237 g/mol. The highest BCUT2D eigenvalue weighted by molar-refractivity contribution is 5.85. The Morgan fingerprint density at radius 1 is 1.47 bits per heavy atom. The molecule has 0 aromatic heterocycles. The van der Waals surface area contributed by atoms with Crippen molar-refractivity contribution in [3.63, 3.8) is 0 Å². The summed E-state index contributed by atoms with van der Waals surface area (Å²) in [6, 6.07) is -0.541. The van der Waals surface area contributed by atoms with Gasteiger partial charge in [-0.1, -0.05) is 18.2 Å². The first kappa shape index (κ1) is 13.6. The Morgan fingerprint density at radius 2 is 2.24 bits per heavy atom. The van der Waals surface area contributed by atoms with Crippen LogP contribution in [-0.2, 0) is 14.3 Å². The average Bonchev–Trinajstić information content (AvgIpc) is 2.34. The van der Waals surface area contributed by atoms with E-state index in [0.29, 0.717) is 0 Å². The molecule has 4 nitrogen and oxygen atoms in total. The fourth-order valence-corrected chi connectivity index (χ4v) is 1.62. The summed E-state index contributed by atoms with van der Waals surface area (Å²) in [6.45, 7) is 1.75. The van der Waals surface area contributed by atoms with Gasteiger partial charge in [0.2, 0.25) is 0 Å². The summed E-state index contributed by atoms with van der Waals surface area (Å²) in [5, 5.41) is 2.79. The summed E-state index contributed by atoms with van der Waals surface area (Å²) in [4.78, 5) is 22.6. The summed E-state index contributed by atoms with van der Waals surface area (Å²) in [5.74, 6) is -0.402. The first-order valence-electron chi connectivity index (χ1n) is 5.82. The standard InChI is InChI=1S/C13H19NO3/c1-10(15)8-12(14-2)13(16)17-9-11-6-4-3-5-7-11/h4,6-7,12,14H,3,5,8-9H2,1-2H3/t12-/m0/s1. The molecule has 0 heterocycles. The SMILES string of the molecule is CN[C@@H](CC(C)=O)C(=O)OCC1=CCCC=C1. The minimum atomic E-state index is -0.541. The number of carbonyl (C=O) groups excluding carboxylic acids is 2. The van der Waals surface area contributed by atoms with Gasteiger partial charge in [0.25, 0.3) is 0 Å². The summed E-state index contributed by atoms with van der Waals surface area (Å²) in [6.07, 6.45) is 8.30. The number of likely N-dealkylation sites (N-methyl/N-ethyl adjacent to an activating group) is 1. The van der Waals surface area contributed by atoms with Crippen molar-refractivity contribution in [1.82, 2.24) is 5.32 Å². The Morgan fingerprint density at radius 3 is 2.76 bits per heavy atom. The summed E-state index contributed by atoms with van der Waals surface area (Å²) in [7, 11) is 1.65. The molecule has 1 N–H and O–H groups in total. The predicted molar refractivity (Wildman–Crippen MR) is 65.6 cm³/mol. The zero-order valence-electron chi connectivity index (χ0n) is 10.4. The van der Waals surface area contributed by atoms with Gasteiger partial charge >= 0.3 is 5.97 Å². The number of esters is 1. The molecule has 0 bridgehead atoms. The number of rotatable bonds is 6. The highest BCUT2D eigenvalue weighted by atomic mass is 16.5. The first-order valence-corrected chi connectivity index (χ1v) is 5.82. The van der Waals surface area contributed by atoms with E-state index in [-0.39, 0.29) is 24.8 Å². The number of allylic oxidation sites excluding steroid dienone is 2. The number of ether oxygens (including phenoxy) is 1. The Hall–Kier alpha value is -1.42. The fraction of sp³-hybridized carbons (Fsp3) is 0.538. The van der Waals surface area contributed by atoms with Crippen LogP contribution in [0.4, 0.5) is 0 Å². The van der Waals surface area contributed by atoms with Crippen LogP contribution in [0.15, 0.2) is 23.8 Å². The Kier molecular flexibility index (Phi) is 5.63. The van der Waals surface area contributed by atoms with Crippen molar-refractivity contribution in [3.05, 3.63) is 23.8 Å². The van der Waals surface area contributed by atoms with Gasteiger partial charge in [-0.3, -0.25) is 9.59 Å².